The summed E-state index contributed by atoms with van der Waals surface area (Å²) >= 11 is 0. The molecule has 0 heteroatoms. The van der Waals surface area contributed by atoms with Gasteiger partial charge in [-0.25, -0.2) is 0 Å². The van der Waals surface area contributed by atoms with Crippen LogP contribution >= 0.6 is 0 Å². The second-order valence-electron chi connectivity index (χ2n) is 5.87. The molecule has 0 bridgehead atoms. The van der Waals surface area contributed by atoms with E-state index in [1.165, 1.54) is 38.9 Å². The van der Waals surface area contributed by atoms with E-state index in [1.54, 1.807) is 0 Å². The Kier molecular flexibility index (Phi) is 4.11. The molecule has 0 aliphatic carbocycles. The molecule has 110 valence electrons. The molecule has 0 saturated heterocycles. The van der Waals surface area contributed by atoms with Crippen molar-refractivity contribution in [1.82, 2.24) is 0 Å². The molecule has 0 radical (unpaired) electrons. The minimum atomic E-state index is 1.05. The van der Waals surface area contributed by atoms with Gasteiger partial charge in [-0.1, -0.05) is 79.2 Å². The largest absolute Gasteiger partial charge is 0.0620 e. The molecule has 0 aromatic heterocycles. The number of hydrogen-bond acceptors (Lipinski definition) is 0. The van der Waals surface area contributed by atoms with Crippen LogP contribution in [-0.2, 0) is 6.42 Å². The topological polar surface area (TPSA) is 0 Å². The van der Waals surface area contributed by atoms with Gasteiger partial charge in [0.15, 0.2) is 0 Å². The summed E-state index contributed by atoms with van der Waals surface area (Å²) < 4.78 is 0. The normalized spacial score (nSPS) is 10.7. The number of aryl methyl sites for hydroxylation is 3. The van der Waals surface area contributed by atoms with Crippen LogP contribution in [0.2, 0.25) is 0 Å². The van der Waals surface area contributed by atoms with Crippen LogP contribution in [0.3, 0.4) is 0 Å². The third-order valence-electron chi connectivity index (χ3n) is 4.31. The summed E-state index contributed by atoms with van der Waals surface area (Å²) in [6, 6.07) is 24.2. The Morgan fingerprint density at radius 3 is 2.05 bits per heavy atom. The van der Waals surface area contributed by atoms with Gasteiger partial charge in [0.05, 0.1) is 0 Å². The maximum absolute atomic E-state index is 2.25. The van der Waals surface area contributed by atoms with Crippen LogP contribution in [-0.4, -0.2) is 0 Å². The van der Waals surface area contributed by atoms with Gasteiger partial charge < -0.3 is 0 Å². The minimum absolute atomic E-state index is 1.05. The smallest absolute Gasteiger partial charge is 0.00708 e. The van der Waals surface area contributed by atoms with Gasteiger partial charge in [0.25, 0.3) is 0 Å². The zero-order chi connectivity index (χ0) is 15.5. The molecular weight excluding hydrogens is 264 g/mol. The molecule has 0 N–H and O–H groups in total. The van der Waals surface area contributed by atoms with Crippen LogP contribution in [0.25, 0.3) is 22.3 Å². The molecular formula is C22H22. The Balaban J connectivity index is 2.28. The van der Waals surface area contributed by atoms with E-state index in [-0.39, 0.29) is 0 Å². The van der Waals surface area contributed by atoms with Crippen LogP contribution in [0.1, 0.15) is 23.6 Å². The highest BCUT2D eigenvalue weighted by Crippen LogP contribution is 2.36. The Morgan fingerprint density at radius 1 is 0.682 bits per heavy atom. The fourth-order valence-corrected chi connectivity index (χ4v) is 3.04. The van der Waals surface area contributed by atoms with Crippen molar-refractivity contribution in [1.29, 1.82) is 0 Å². The molecule has 0 atom stereocenters. The summed E-state index contributed by atoms with van der Waals surface area (Å²) in [5.74, 6) is 0. The quantitative estimate of drug-likeness (QED) is 0.537. The zero-order valence-corrected chi connectivity index (χ0v) is 13.6. The summed E-state index contributed by atoms with van der Waals surface area (Å²) in [5.41, 5.74) is 9.38. The lowest BCUT2D eigenvalue weighted by Crippen LogP contribution is -1.94. The first-order chi connectivity index (χ1) is 10.7. The van der Waals surface area contributed by atoms with Gasteiger partial charge in [0.1, 0.15) is 0 Å². The molecule has 0 fully saturated rings. The zero-order valence-electron chi connectivity index (χ0n) is 13.6. The van der Waals surface area contributed by atoms with E-state index in [4.69, 9.17) is 0 Å². The fraction of sp³-hybridized carbons (Fsp3) is 0.182. The molecule has 22 heavy (non-hydrogen) atoms. The van der Waals surface area contributed by atoms with Crippen LogP contribution in [0, 0.1) is 13.8 Å². The lowest BCUT2D eigenvalue weighted by atomic mass is 9.87. The van der Waals surface area contributed by atoms with Gasteiger partial charge >= 0.3 is 0 Å². The van der Waals surface area contributed by atoms with Crippen molar-refractivity contribution < 1.29 is 0 Å². The third kappa shape index (κ3) is 2.69. The molecule has 3 rings (SSSR count). The van der Waals surface area contributed by atoms with Crippen molar-refractivity contribution in [3.05, 3.63) is 83.4 Å². The van der Waals surface area contributed by atoms with Crippen LogP contribution in [0.15, 0.2) is 66.7 Å². The Bertz CT molecular complexity index is 779. The minimum Gasteiger partial charge on any atom is -0.0620 e. The van der Waals surface area contributed by atoms with Gasteiger partial charge in [0.2, 0.25) is 0 Å². The lowest BCUT2D eigenvalue weighted by molar-refractivity contribution is 1.14. The van der Waals surface area contributed by atoms with Crippen molar-refractivity contribution in [3.63, 3.8) is 0 Å². The maximum atomic E-state index is 2.25. The first-order valence-electron chi connectivity index (χ1n) is 7.95. The SMILES string of the molecule is CCc1cccc(-c2ccc(C)cc2)c1-c1ccccc1C. The monoisotopic (exact) mass is 286 g/mol. The summed E-state index contributed by atoms with van der Waals surface area (Å²) in [6.07, 6.45) is 1.05. The average Bonchev–Trinajstić information content (AvgIpc) is 2.55. The van der Waals surface area contributed by atoms with Gasteiger partial charge in [0, 0.05) is 0 Å². The highest BCUT2D eigenvalue weighted by atomic mass is 14.2. The first-order valence-corrected chi connectivity index (χ1v) is 7.95. The van der Waals surface area contributed by atoms with Gasteiger partial charge in [-0.3, -0.25) is 0 Å². The van der Waals surface area contributed by atoms with Crippen molar-refractivity contribution in [2.45, 2.75) is 27.2 Å². The number of hydrogen-bond donors (Lipinski definition) is 0. The van der Waals surface area contributed by atoms with Crippen molar-refractivity contribution in [2.75, 3.05) is 0 Å². The second kappa shape index (κ2) is 6.19. The maximum Gasteiger partial charge on any atom is -0.00708 e. The van der Waals surface area contributed by atoms with E-state index in [9.17, 15) is 0 Å². The Morgan fingerprint density at radius 2 is 1.36 bits per heavy atom. The van der Waals surface area contributed by atoms with Crippen LogP contribution in [0.5, 0.6) is 0 Å². The third-order valence-corrected chi connectivity index (χ3v) is 4.31. The summed E-state index contributed by atoms with van der Waals surface area (Å²) in [4.78, 5) is 0. The standard InChI is InChI=1S/C22H22/c1-4-18-9-7-11-21(19-14-12-16(2)13-15-19)22(18)20-10-6-5-8-17(20)3/h5-15H,4H2,1-3H3. The second-order valence-corrected chi connectivity index (χ2v) is 5.87. The summed E-state index contributed by atoms with van der Waals surface area (Å²) in [7, 11) is 0. The average molecular weight is 286 g/mol. The molecule has 0 spiro atoms. The molecule has 0 aliphatic heterocycles. The van der Waals surface area contributed by atoms with Gasteiger partial charge in [-0.2, -0.15) is 0 Å². The highest BCUT2D eigenvalue weighted by molar-refractivity contribution is 5.87. The predicted molar refractivity (Wildman–Crippen MR) is 96.2 cm³/mol. The van der Waals surface area contributed by atoms with E-state index >= 15 is 0 Å². The highest BCUT2D eigenvalue weighted by Gasteiger charge is 2.12. The van der Waals surface area contributed by atoms with Gasteiger partial charge in [-0.05, 0) is 53.6 Å². The van der Waals surface area contributed by atoms with Gasteiger partial charge in [-0.15, -0.1) is 0 Å². The van der Waals surface area contributed by atoms with Crippen LogP contribution < -0.4 is 0 Å². The molecule has 3 aromatic rings. The summed E-state index contributed by atoms with van der Waals surface area (Å²) in [5, 5.41) is 0. The Hall–Kier alpha value is -2.34. The fourth-order valence-electron chi connectivity index (χ4n) is 3.04. The molecule has 3 aromatic carbocycles. The predicted octanol–water partition coefficient (Wildman–Crippen LogP) is 6.20. The molecule has 0 amide bonds. The lowest BCUT2D eigenvalue weighted by Gasteiger charge is -2.17. The molecule has 0 heterocycles. The first kappa shape index (κ1) is 14.6. The number of benzene rings is 3. The van der Waals surface area contributed by atoms with E-state index < -0.39 is 0 Å². The van der Waals surface area contributed by atoms with Crippen molar-refractivity contribution in [2.24, 2.45) is 0 Å². The van der Waals surface area contributed by atoms with Crippen LogP contribution in [0.4, 0.5) is 0 Å². The van der Waals surface area contributed by atoms with E-state index in [2.05, 4.69) is 87.5 Å². The number of rotatable bonds is 3. The van der Waals surface area contributed by atoms with Crippen molar-refractivity contribution >= 4 is 0 Å². The molecule has 0 aliphatic rings. The summed E-state index contributed by atoms with van der Waals surface area (Å²) in [6.45, 7) is 6.56. The van der Waals surface area contributed by atoms with E-state index in [1.807, 2.05) is 0 Å². The molecule has 0 nitrogen and oxygen atoms in total. The molecule has 0 saturated carbocycles. The molecule has 0 unspecified atom stereocenters. The van der Waals surface area contributed by atoms with E-state index in [0.29, 0.717) is 0 Å². The van der Waals surface area contributed by atoms with E-state index in [0.717, 1.165) is 6.42 Å². The van der Waals surface area contributed by atoms with Crippen molar-refractivity contribution in [3.8, 4) is 22.3 Å². The Labute approximate surface area is 133 Å².